The molecular formula is C17H13F3N2O2. The van der Waals surface area contributed by atoms with Crippen molar-refractivity contribution in [2.75, 3.05) is 0 Å². The highest BCUT2D eigenvalue weighted by atomic mass is 19.4. The average molecular weight is 334 g/mol. The van der Waals surface area contributed by atoms with Crippen molar-refractivity contribution in [1.82, 2.24) is 10.3 Å². The number of nitrogens with one attached hydrogen (secondary N) is 1. The zero-order chi connectivity index (χ0) is 17.3. The summed E-state index contributed by atoms with van der Waals surface area (Å²) in [5.41, 5.74) is 1.54. The molecule has 0 atom stereocenters. The van der Waals surface area contributed by atoms with Crippen LogP contribution in [0.1, 0.15) is 27.4 Å². The summed E-state index contributed by atoms with van der Waals surface area (Å²) in [6.07, 6.45) is -4.42. The van der Waals surface area contributed by atoms with Crippen LogP contribution >= 0.6 is 0 Å². The zero-order valence-electron chi connectivity index (χ0n) is 12.6. The minimum Gasteiger partial charge on any atom is -0.441 e. The van der Waals surface area contributed by atoms with Gasteiger partial charge in [0.25, 0.3) is 5.91 Å². The number of benzene rings is 2. The van der Waals surface area contributed by atoms with Crippen LogP contribution in [0.2, 0.25) is 0 Å². The van der Waals surface area contributed by atoms with Gasteiger partial charge in [0, 0.05) is 19.0 Å². The van der Waals surface area contributed by atoms with Crippen LogP contribution in [-0.2, 0) is 12.7 Å². The summed E-state index contributed by atoms with van der Waals surface area (Å²) in [5.74, 6) is 0.107. The molecule has 3 aromatic rings. The Bertz CT molecular complexity index is 883. The number of rotatable bonds is 3. The fourth-order valence-electron chi connectivity index (χ4n) is 2.29. The van der Waals surface area contributed by atoms with Gasteiger partial charge in [0.1, 0.15) is 5.52 Å². The lowest BCUT2D eigenvalue weighted by Gasteiger charge is -2.08. The molecule has 1 N–H and O–H groups in total. The molecule has 2 aromatic carbocycles. The average Bonchev–Trinajstić information content (AvgIpc) is 2.91. The number of alkyl halides is 3. The van der Waals surface area contributed by atoms with E-state index in [0.29, 0.717) is 17.0 Å². The Balaban J connectivity index is 1.67. The fraction of sp³-hybridized carbons (Fsp3) is 0.176. The quantitative estimate of drug-likeness (QED) is 0.785. The normalized spacial score (nSPS) is 11.7. The van der Waals surface area contributed by atoms with Crippen LogP contribution in [-0.4, -0.2) is 10.9 Å². The van der Waals surface area contributed by atoms with Crippen LogP contribution in [0, 0.1) is 6.92 Å². The summed E-state index contributed by atoms with van der Waals surface area (Å²) < 4.78 is 42.9. The van der Waals surface area contributed by atoms with E-state index < -0.39 is 17.6 Å². The largest absolute Gasteiger partial charge is 0.441 e. The molecular weight excluding hydrogens is 321 g/mol. The van der Waals surface area contributed by atoms with E-state index in [4.69, 9.17) is 4.42 Å². The third kappa shape index (κ3) is 3.40. The molecule has 4 nitrogen and oxygen atoms in total. The van der Waals surface area contributed by atoms with Crippen molar-refractivity contribution in [3.05, 3.63) is 65.0 Å². The van der Waals surface area contributed by atoms with Crippen LogP contribution in [0.25, 0.3) is 11.1 Å². The Labute approximate surface area is 135 Å². The predicted molar refractivity (Wildman–Crippen MR) is 81.4 cm³/mol. The summed E-state index contributed by atoms with van der Waals surface area (Å²) in [5, 5.41) is 2.67. The lowest BCUT2D eigenvalue weighted by Crippen LogP contribution is -2.22. The van der Waals surface area contributed by atoms with Crippen molar-refractivity contribution < 1.29 is 22.4 Å². The van der Waals surface area contributed by atoms with E-state index in [1.165, 1.54) is 0 Å². The Morgan fingerprint density at radius 3 is 2.54 bits per heavy atom. The summed E-state index contributed by atoms with van der Waals surface area (Å²) in [6, 6.07) is 9.43. The molecule has 0 aliphatic heterocycles. The molecule has 0 saturated carbocycles. The number of carbonyl (C=O) groups excluding carboxylic acids is 1. The molecule has 0 unspecified atom stereocenters. The second-order valence-electron chi connectivity index (χ2n) is 5.29. The standard InChI is InChI=1S/C17H13F3N2O2/c1-10-22-14-8-11(2-7-15(14)24-10)9-21-16(23)12-3-5-13(6-4-12)17(18,19)20/h2-8H,9H2,1H3,(H,21,23). The number of halogens is 3. The first-order valence-electron chi connectivity index (χ1n) is 7.14. The Morgan fingerprint density at radius 1 is 1.17 bits per heavy atom. The Morgan fingerprint density at radius 2 is 1.88 bits per heavy atom. The number of amides is 1. The molecule has 1 heterocycles. The van der Waals surface area contributed by atoms with Gasteiger partial charge in [-0.2, -0.15) is 13.2 Å². The molecule has 7 heteroatoms. The molecule has 0 bridgehead atoms. The highest BCUT2D eigenvalue weighted by Gasteiger charge is 2.30. The Kier molecular flexibility index (Phi) is 4.01. The van der Waals surface area contributed by atoms with Crippen LogP contribution in [0.15, 0.2) is 46.9 Å². The van der Waals surface area contributed by atoms with Crippen molar-refractivity contribution in [3.8, 4) is 0 Å². The highest BCUT2D eigenvalue weighted by Crippen LogP contribution is 2.29. The molecule has 1 amide bonds. The molecule has 0 saturated heterocycles. The van der Waals surface area contributed by atoms with E-state index in [1.807, 2.05) is 0 Å². The van der Waals surface area contributed by atoms with Crippen LogP contribution in [0.4, 0.5) is 13.2 Å². The van der Waals surface area contributed by atoms with E-state index >= 15 is 0 Å². The molecule has 0 radical (unpaired) electrons. The molecule has 0 spiro atoms. The first kappa shape index (κ1) is 16.0. The number of oxazole rings is 1. The summed E-state index contributed by atoms with van der Waals surface area (Å²) in [4.78, 5) is 16.2. The third-order valence-electron chi connectivity index (χ3n) is 3.49. The molecule has 0 aliphatic rings. The maximum atomic E-state index is 12.5. The van der Waals surface area contributed by atoms with Gasteiger partial charge in [-0.15, -0.1) is 0 Å². The maximum Gasteiger partial charge on any atom is 0.416 e. The van der Waals surface area contributed by atoms with Gasteiger partial charge in [-0.1, -0.05) is 6.07 Å². The number of aromatic nitrogens is 1. The minimum atomic E-state index is -4.42. The monoisotopic (exact) mass is 334 g/mol. The number of fused-ring (bicyclic) bond motifs is 1. The zero-order valence-corrected chi connectivity index (χ0v) is 12.6. The van der Waals surface area contributed by atoms with E-state index in [0.717, 1.165) is 29.8 Å². The van der Waals surface area contributed by atoms with E-state index in [2.05, 4.69) is 10.3 Å². The summed E-state index contributed by atoms with van der Waals surface area (Å²) in [6.45, 7) is 1.98. The first-order valence-corrected chi connectivity index (χ1v) is 7.14. The smallest absolute Gasteiger partial charge is 0.416 e. The van der Waals surface area contributed by atoms with Gasteiger partial charge in [-0.25, -0.2) is 4.98 Å². The van der Waals surface area contributed by atoms with E-state index in [1.54, 1.807) is 25.1 Å². The maximum absolute atomic E-state index is 12.5. The molecule has 1 aromatic heterocycles. The minimum absolute atomic E-state index is 0.168. The van der Waals surface area contributed by atoms with Gasteiger partial charge < -0.3 is 9.73 Å². The summed E-state index contributed by atoms with van der Waals surface area (Å²) in [7, 11) is 0. The van der Waals surface area contributed by atoms with Gasteiger partial charge in [-0.05, 0) is 42.0 Å². The number of nitrogens with zero attached hydrogens (tertiary/aromatic N) is 1. The lowest BCUT2D eigenvalue weighted by molar-refractivity contribution is -0.137. The van der Waals surface area contributed by atoms with Gasteiger partial charge in [-0.3, -0.25) is 4.79 Å². The van der Waals surface area contributed by atoms with Crippen LogP contribution in [0.5, 0.6) is 0 Å². The van der Waals surface area contributed by atoms with Gasteiger partial charge in [0.15, 0.2) is 11.5 Å². The number of hydrogen-bond acceptors (Lipinski definition) is 3. The van der Waals surface area contributed by atoms with Crippen molar-refractivity contribution >= 4 is 17.0 Å². The predicted octanol–water partition coefficient (Wildman–Crippen LogP) is 4.09. The molecule has 3 rings (SSSR count). The van der Waals surface area contributed by atoms with Gasteiger partial charge >= 0.3 is 6.18 Å². The van der Waals surface area contributed by atoms with Gasteiger partial charge in [0.05, 0.1) is 5.56 Å². The highest BCUT2D eigenvalue weighted by molar-refractivity contribution is 5.94. The lowest BCUT2D eigenvalue weighted by atomic mass is 10.1. The fourth-order valence-corrected chi connectivity index (χ4v) is 2.29. The van der Waals surface area contributed by atoms with E-state index in [9.17, 15) is 18.0 Å². The van der Waals surface area contributed by atoms with Gasteiger partial charge in [0.2, 0.25) is 0 Å². The topological polar surface area (TPSA) is 55.1 Å². The number of carbonyl (C=O) groups is 1. The van der Waals surface area contributed by atoms with Crippen molar-refractivity contribution in [2.45, 2.75) is 19.6 Å². The van der Waals surface area contributed by atoms with E-state index in [-0.39, 0.29) is 12.1 Å². The second kappa shape index (κ2) is 5.99. The molecule has 24 heavy (non-hydrogen) atoms. The molecule has 0 fully saturated rings. The molecule has 0 aliphatic carbocycles. The third-order valence-corrected chi connectivity index (χ3v) is 3.49. The Hall–Kier alpha value is -2.83. The van der Waals surface area contributed by atoms with Crippen molar-refractivity contribution in [3.63, 3.8) is 0 Å². The first-order chi connectivity index (χ1) is 11.3. The van der Waals surface area contributed by atoms with Crippen LogP contribution in [0.3, 0.4) is 0 Å². The second-order valence-corrected chi connectivity index (χ2v) is 5.29. The summed E-state index contributed by atoms with van der Waals surface area (Å²) >= 11 is 0. The number of aryl methyl sites for hydroxylation is 1. The van der Waals surface area contributed by atoms with Crippen LogP contribution < -0.4 is 5.32 Å². The van der Waals surface area contributed by atoms with Crippen molar-refractivity contribution in [1.29, 1.82) is 0 Å². The SMILES string of the molecule is Cc1nc2cc(CNC(=O)c3ccc(C(F)(F)F)cc3)ccc2o1. The number of hydrogen-bond donors (Lipinski definition) is 1. The van der Waals surface area contributed by atoms with Crippen molar-refractivity contribution in [2.24, 2.45) is 0 Å². The molecule has 124 valence electrons.